The third-order valence-electron chi connectivity index (χ3n) is 3.26. The van der Waals surface area contributed by atoms with Gasteiger partial charge in [0.1, 0.15) is 19.0 Å². The van der Waals surface area contributed by atoms with Gasteiger partial charge in [-0.2, -0.15) is 0 Å². The summed E-state index contributed by atoms with van der Waals surface area (Å²) >= 11 is 0. The van der Waals surface area contributed by atoms with E-state index in [-0.39, 0.29) is 0 Å². The van der Waals surface area contributed by atoms with Crippen LogP contribution in [-0.4, -0.2) is 12.8 Å². The molecule has 0 saturated heterocycles. The van der Waals surface area contributed by atoms with Gasteiger partial charge >= 0.3 is 0 Å². The van der Waals surface area contributed by atoms with E-state index in [2.05, 4.69) is 11.1 Å². The van der Waals surface area contributed by atoms with Crippen molar-refractivity contribution in [3.05, 3.63) is 48.7 Å². The van der Waals surface area contributed by atoms with Gasteiger partial charge in [-0.25, -0.2) is 0 Å². The molecule has 4 rings (SSSR count). The third kappa shape index (κ3) is 1.16. The lowest BCUT2D eigenvalue weighted by Crippen LogP contribution is -2.04. The maximum Gasteiger partial charge on any atom is 0.135 e. The van der Waals surface area contributed by atoms with Crippen LogP contribution in [0.2, 0.25) is 0 Å². The second kappa shape index (κ2) is 3.36. The summed E-state index contributed by atoms with van der Waals surface area (Å²) in [4.78, 5) is 4.35. The first-order chi connectivity index (χ1) is 8.84. The molecule has 2 radical (unpaired) electrons. The average molecular weight is 229 g/mol. The second-order valence-corrected chi connectivity index (χ2v) is 4.34. The summed E-state index contributed by atoms with van der Waals surface area (Å²) in [6, 6.07) is 13.8. The highest BCUT2D eigenvalue weighted by molar-refractivity contribution is 6.41. The van der Waals surface area contributed by atoms with Crippen LogP contribution in [-0.2, 0) is 0 Å². The van der Waals surface area contributed by atoms with Gasteiger partial charge in [0, 0.05) is 22.4 Å². The molecule has 2 nitrogen and oxygen atoms in total. The zero-order chi connectivity index (χ0) is 12.1. The molecular weight excluding hydrogens is 221 g/mol. The van der Waals surface area contributed by atoms with Crippen molar-refractivity contribution in [2.45, 2.75) is 0 Å². The molecule has 0 aliphatic heterocycles. The van der Waals surface area contributed by atoms with E-state index < -0.39 is 0 Å². The van der Waals surface area contributed by atoms with Crippen molar-refractivity contribution >= 4 is 46.2 Å². The summed E-state index contributed by atoms with van der Waals surface area (Å²) in [5.74, 6) is 0. The lowest BCUT2D eigenvalue weighted by molar-refractivity contribution is 0.669. The van der Waals surface area contributed by atoms with Crippen LogP contribution in [0.1, 0.15) is 0 Å². The van der Waals surface area contributed by atoms with E-state index in [0.717, 1.165) is 32.8 Å². The first-order valence-corrected chi connectivity index (χ1v) is 5.79. The molecule has 0 saturated carbocycles. The molecule has 0 amide bonds. The summed E-state index contributed by atoms with van der Waals surface area (Å²) in [6.07, 6.45) is 1.76. The molecule has 0 aliphatic rings. The van der Waals surface area contributed by atoms with Crippen molar-refractivity contribution in [1.29, 1.82) is 0 Å². The Morgan fingerprint density at radius 3 is 2.72 bits per heavy atom. The SMILES string of the molecule is [B]c1cc2oc3ccccc3c2c2cccnc12. The number of para-hydroxylation sites is 1. The summed E-state index contributed by atoms with van der Waals surface area (Å²) in [5, 5.41) is 3.23. The van der Waals surface area contributed by atoms with E-state index in [4.69, 9.17) is 12.3 Å². The number of aromatic nitrogens is 1. The summed E-state index contributed by atoms with van der Waals surface area (Å²) in [5.41, 5.74) is 3.17. The fraction of sp³-hybridized carbons (Fsp3) is 0. The van der Waals surface area contributed by atoms with Gasteiger partial charge in [-0.1, -0.05) is 29.7 Å². The highest BCUT2D eigenvalue weighted by Gasteiger charge is 2.11. The minimum absolute atomic E-state index is 0.650. The van der Waals surface area contributed by atoms with Crippen molar-refractivity contribution in [2.24, 2.45) is 0 Å². The smallest absolute Gasteiger partial charge is 0.135 e. The van der Waals surface area contributed by atoms with Crippen LogP contribution in [0.15, 0.2) is 53.1 Å². The largest absolute Gasteiger partial charge is 0.456 e. The van der Waals surface area contributed by atoms with Crippen molar-refractivity contribution in [1.82, 2.24) is 4.98 Å². The molecule has 4 aromatic rings. The zero-order valence-corrected chi connectivity index (χ0v) is 9.55. The Kier molecular flexibility index (Phi) is 1.81. The van der Waals surface area contributed by atoms with Crippen LogP contribution in [0.4, 0.5) is 0 Å². The van der Waals surface area contributed by atoms with Gasteiger partial charge in [-0.15, -0.1) is 0 Å². The van der Waals surface area contributed by atoms with E-state index in [1.165, 1.54) is 0 Å². The van der Waals surface area contributed by atoms with Crippen LogP contribution in [0.3, 0.4) is 0 Å². The van der Waals surface area contributed by atoms with Crippen molar-refractivity contribution in [2.75, 3.05) is 0 Å². The topological polar surface area (TPSA) is 26.0 Å². The molecule has 0 N–H and O–H groups in total. The molecule has 0 spiro atoms. The van der Waals surface area contributed by atoms with Gasteiger partial charge in [0.2, 0.25) is 0 Å². The molecule has 2 aromatic heterocycles. The number of hydrogen-bond donors (Lipinski definition) is 0. The van der Waals surface area contributed by atoms with Crippen molar-refractivity contribution < 1.29 is 4.42 Å². The van der Waals surface area contributed by atoms with Crippen LogP contribution in [0, 0.1) is 0 Å². The molecule has 0 unspecified atom stereocenters. The van der Waals surface area contributed by atoms with E-state index >= 15 is 0 Å². The molecule has 0 aliphatic carbocycles. The number of furan rings is 1. The minimum atomic E-state index is 0.650. The van der Waals surface area contributed by atoms with Crippen LogP contribution in [0.25, 0.3) is 32.8 Å². The number of hydrogen-bond acceptors (Lipinski definition) is 2. The summed E-state index contributed by atoms with van der Waals surface area (Å²) in [6.45, 7) is 0. The quantitative estimate of drug-likeness (QED) is 0.433. The van der Waals surface area contributed by atoms with Gasteiger partial charge in [-0.3, -0.25) is 4.98 Å². The Labute approximate surface area is 105 Å². The predicted octanol–water partition coefficient (Wildman–Crippen LogP) is 2.93. The molecule has 0 fully saturated rings. The van der Waals surface area contributed by atoms with Gasteiger partial charge in [-0.05, 0) is 18.2 Å². The zero-order valence-electron chi connectivity index (χ0n) is 9.55. The summed E-state index contributed by atoms with van der Waals surface area (Å²) < 4.78 is 5.83. The summed E-state index contributed by atoms with van der Waals surface area (Å²) in [7, 11) is 6.02. The monoisotopic (exact) mass is 229 g/mol. The molecular formula is C15H8BNO. The van der Waals surface area contributed by atoms with Crippen LogP contribution in [0.5, 0.6) is 0 Å². The third-order valence-corrected chi connectivity index (χ3v) is 3.26. The van der Waals surface area contributed by atoms with E-state index in [1.807, 2.05) is 36.4 Å². The molecule has 18 heavy (non-hydrogen) atoms. The van der Waals surface area contributed by atoms with Gasteiger partial charge in [0.25, 0.3) is 0 Å². The van der Waals surface area contributed by atoms with Gasteiger partial charge in [0.15, 0.2) is 0 Å². The van der Waals surface area contributed by atoms with Gasteiger partial charge in [0.05, 0.1) is 5.52 Å². The van der Waals surface area contributed by atoms with Crippen LogP contribution < -0.4 is 5.46 Å². The molecule has 2 aromatic carbocycles. The lowest BCUT2D eigenvalue weighted by Gasteiger charge is -2.02. The first kappa shape index (κ1) is 9.72. The Morgan fingerprint density at radius 2 is 1.78 bits per heavy atom. The van der Waals surface area contributed by atoms with E-state index in [1.54, 1.807) is 6.20 Å². The normalized spacial score (nSPS) is 11.6. The fourth-order valence-corrected chi connectivity index (χ4v) is 2.49. The Balaban J connectivity index is 2.39. The molecule has 2 heterocycles. The Bertz CT molecular complexity index is 895. The predicted molar refractivity (Wildman–Crippen MR) is 74.4 cm³/mol. The molecule has 3 heteroatoms. The number of benzene rings is 2. The molecule has 0 bridgehead atoms. The maximum absolute atomic E-state index is 6.02. The highest BCUT2D eigenvalue weighted by Crippen LogP contribution is 2.32. The lowest BCUT2D eigenvalue weighted by atomic mass is 9.91. The first-order valence-electron chi connectivity index (χ1n) is 5.79. The van der Waals surface area contributed by atoms with E-state index in [0.29, 0.717) is 5.46 Å². The number of fused-ring (bicyclic) bond motifs is 5. The maximum atomic E-state index is 6.02. The molecule has 82 valence electrons. The fourth-order valence-electron chi connectivity index (χ4n) is 2.49. The number of nitrogens with zero attached hydrogens (tertiary/aromatic N) is 1. The number of pyridine rings is 1. The second-order valence-electron chi connectivity index (χ2n) is 4.34. The number of rotatable bonds is 0. The Morgan fingerprint density at radius 1 is 0.944 bits per heavy atom. The van der Waals surface area contributed by atoms with E-state index in [9.17, 15) is 0 Å². The Hall–Kier alpha value is -2.29. The van der Waals surface area contributed by atoms with Crippen molar-refractivity contribution in [3.63, 3.8) is 0 Å². The highest BCUT2D eigenvalue weighted by atomic mass is 16.3. The molecule has 0 atom stereocenters. The van der Waals surface area contributed by atoms with Gasteiger partial charge < -0.3 is 4.42 Å². The average Bonchev–Trinajstić information content (AvgIpc) is 2.77. The van der Waals surface area contributed by atoms with Crippen molar-refractivity contribution in [3.8, 4) is 0 Å². The minimum Gasteiger partial charge on any atom is -0.456 e. The standard InChI is InChI=1S/C15H8BNO/c16-11-8-13-14(10-5-3-7-17-15(10)11)9-4-1-2-6-12(9)18-13/h1-8H. The van der Waals surface area contributed by atoms with Crippen LogP contribution >= 0.6 is 0 Å².